The van der Waals surface area contributed by atoms with E-state index in [2.05, 4.69) is 0 Å². The molecule has 0 aromatic carbocycles. The van der Waals surface area contributed by atoms with Gasteiger partial charge >= 0.3 is 25.7 Å². The highest BCUT2D eigenvalue weighted by Gasteiger charge is 2.40. The van der Waals surface area contributed by atoms with Crippen molar-refractivity contribution in [2.75, 3.05) is 19.8 Å². The molecular formula is C15H27O10P. The summed E-state index contributed by atoms with van der Waals surface area (Å²) in [6.45, 7) is 8.80. The summed E-state index contributed by atoms with van der Waals surface area (Å²) in [5.41, 5.74) is 0. The fourth-order valence-electron chi connectivity index (χ4n) is 1.56. The molecule has 0 N–H and O–H groups in total. The van der Waals surface area contributed by atoms with Crippen LogP contribution in [0.5, 0.6) is 0 Å². The minimum Gasteiger partial charge on any atom is -0.464 e. The predicted molar refractivity (Wildman–Crippen MR) is 89.1 cm³/mol. The molecule has 0 radical (unpaired) electrons. The van der Waals surface area contributed by atoms with Gasteiger partial charge in [-0.25, -0.2) is 18.9 Å². The van der Waals surface area contributed by atoms with Gasteiger partial charge in [0.1, 0.15) is 0 Å². The summed E-state index contributed by atoms with van der Waals surface area (Å²) >= 11 is 0. The van der Waals surface area contributed by atoms with Crippen LogP contribution in [-0.4, -0.2) is 56.0 Å². The van der Waals surface area contributed by atoms with Gasteiger partial charge < -0.3 is 14.2 Å². The van der Waals surface area contributed by atoms with E-state index in [0.717, 1.165) is 0 Å². The second kappa shape index (κ2) is 12.0. The fraction of sp³-hybridized carbons (Fsp3) is 0.800. The van der Waals surface area contributed by atoms with Crippen LogP contribution in [0.4, 0.5) is 0 Å². The van der Waals surface area contributed by atoms with Crippen LogP contribution in [0.3, 0.4) is 0 Å². The lowest BCUT2D eigenvalue weighted by Crippen LogP contribution is -2.30. The first-order chi connectivity index (χ1) is 12.1. The second-order valence-electron chi connectivity index (χ2n) is 4.95. The number of esters is 3. The Morgan fingerprint density at radius 3 is 1.08 bits per heavy atom. The topological polar surface area (TPSA) is 124 Å². The zero-order valence-corrected chi connectivity index (χ0v) is 16.8. The number of phosphoric ester groups is 1. The fourth-order valence-corrected chi connectivity index (χ4v) is 3.13. The molecule has 0 bridgehead atoms. The van der Waals surface area contributed by atoms with E-state index in [0.29, 0.717) is 0 Å². The Morgan fingerprint density at radius 1 is 0.654 bits per heavy atom. The third-order valence-corrected chi connectivity index (χ3v) is 4.44. The molecule has 0 aliphatic heterocycles. The van der Waals surface area contributed by atoms with Crippen molar-refractivity contribution < 1.29 is 46.7 Å². The zero-order chi connectivity index (χ0) is 20.3. The summed E-state index contributed by atoms with van der Waals surface area (Å²) < 4.78 is 42.4. The van der Waals surface area contributed by atoms with E-state index in [-0.39, 0.29) is 19.8 Å². The molecule has 0 heterocycles. The van der Waals surface area contributed by atoms with Crippen LogP contribution in [-0.2, 0) is 46.7 Å². The molecule has 0 aromatic rings. The van der Waals surface area contributed by atoms with E-state index in [1.54, 1.807) is 20.8 Å². The Hall–Kier alpha value is -1.48. The molecule has 0 spiro atoms. The van der Waals surface area contributed by atoms with Crippen LogP contribution in [0.2, 0.25) is 0 Å². The lowest BCUT2D eigenvalue weighted by molar-refractivity contribution is -0.156. The summed E-state index contributed by atoms with van der Waals surface area (Å²) in [4.78, 5) is 35.1. The third kappa shape index (κ3) is 8.75. The van der Waals surface area contributed by atoms with Crippen LogP contribution < -0.4 is 0 Å². The molecule has 3 unspecified atom stereocenters. The van der Waals surface area contributed by atoms with Crippen LogP contribution in [0.15, 0.2) is 0 Å². The van der Waals surface area contributed by atoms with E-state index in [9.17, 15) is 18.9 Å². The van der Waals surface area contributed by atoms with E-state index in [1.807, 2.05) is 0 Å². The molecule has 0 saturated heterocycles. The first kappa shape index (κ1) is 24.5. The maximum Gasteiger partial charge on any atom is 0.477 e. The Morgan fingerprint density at radius 2 is 0.885 bits per heavy atom. The highest BCUT2D eigenvalue weighted by molar-refractivity contribution is 7.48. The minimum atomic E-state index is -4.52. The van der Waals surface area contributed by atoms with Crippen molar-refractivity contribution in [3.05, 3.63) is 0 Å². The quantitative estimate of drug-likeness (QED) is 0.274. The monoisotopic (exact) mass is 398 g/mol. The first-order valence-corrected chi connectivity index (χ1v) is 9.71. The van der Waals surface area contributed by atoms with Crippen molar-refractivity contribution in [3.8, 4) is 0 Å². The highest BCUT2D eigenvalue weighted by atomic mass is 31.2. The number of carbonyl (C=O) groups is 3. The lowest BCUT2D eigenvalue weighted by Gasteiger charge is -2.25. The minimum absolute atomic E-state index is 0.0804. The van der Waals surface area contributed by atoms with E-state index in [4.69, 9.17) is 27.8 Å². The molecule has 0 amide bonds. The summed E-state index contributed by atoms with van der Waals surface area (Å²) in [5, 5.41) is 0. The Kier molecular flexibility index (Phi) is 11.3. The number of hydrogen-bond acceptors (Lipinski definition) is 10. The van der Waals surface area contributed by atoms with Gasteiger partial charge in [0.25, 0.3) is 0 Å². The van der Waals surface area contributed by atoms with Crippen LogP contribution in [0.25, 0.3) is 0 Å². The molecule has 0 aromatic heterocycles. The average molecular weight is 398 g/mol. The van der Waals surface area contributed by atoms with E-state index < -0.39 is 44.0 Å². The van der Waals surface area contributed by atoms with E-state index in [1.165, 1.54) is 20.8 Å². The third-order valence-electron chi connectivity index (χ3n) is 2.72. The SMILES string of the molecule is CCOC(=O)C(C)OP(=O)(OC(C)C(=O)OCC)OC(C)C(=O)OCC. The highest BCUT2D eigenvalue weighted by Crippen LogP contribution is 2.53. The van der Waals surface area contributed by atoms with Gasteiger partial charge in [-0.2, -0.15) is 0 Å². The van der Waals surface area contributed by atoms with Crippen LogP contribution >= 0.6 is 7.82 Å². The van der Waals surface area contributed by atoms with Gasteiger partial charge in [0.2, 0.25) is 0 Å². The van der Waals surface area contributed by atoms with Gasteiger partial charge in [-0.05, 0) is 41.5 Å². The molecule has 0 aliphatic carbocycles. The van der Waals surface area contributed by atoms with Gasteiger partial charge in [0.05, 0.1) is 19.8 Å². The average Bonchev–Trinajstić information content (AvgIpc) is 2.54. The molecule has 26 heavy (non-hydrogen) atoms. The standard InChI is InChI=1S/C15H27O10P/c1-7-20-13(16)10(4)23-26(19,24-11(5)14(17)21-8-2)25-12(6)15(18)22-9-3/h10-12H,7-9H2,1-6H3. The molecule has 3 atom stereocenters. The van der Waals surface area contributed by atoms with Crippen molar-refractivity contribution in [1.82, 2.24) is 0 Å². The van der Waals surface area contributed by atoms with Crippen LogP contribution in [0.1, 0.15) is 41.5 Å². The van der Waals surface area contributed by atoms with Gasteiger partial charge in [0.15, 0.2) is 18.3 Å². The van der Waals surface area contributed by atoms with Gasteiger partial charge in [-0.15, -0.1) is 0 Å². The van der Waals surface area contributed by atoms with E-state index >= 15 is 0 Å². The summed E-state index contributed by atoms with van der Waals surface area (Å²) in [6, 6.07) is 0. The van der Waals surface area contributed by atoms with Crippen molar-refractivity contribution in [2.45, 2.75) is 59.9 Å². The largest absolute Gasteiger partial charge is 0.477 e. The van der Waals surface area contributed by atoms with Crippen molar-refractivity contribution >= 4 is 25.7 Å². The van der Waals surface area contributed by atoms with Crippen molar-refractivity contribution in [2.24, 2.45) is 0 Å². The molecule has 10 nitrogen and oxygen atoms in total. The number of rotatable bonds is 12. The lowest BCUT2D eigenvalue weighted by atomic mass is 10.4. The van der Waals surface area contributed by atoms with Gasteiger partial charge in [-0.3, -0.25) is 13.6 Å². The molecule has 11 heteroatoms. The summed E-state index contributed by atoms with van der Waals surface area (Å²) in [6.07, 6.45) is -3.99. The summed E-state index contributed by atoms with van der Waals surface area (Å²) in [7, 11) is -4.52. The molecule has 0 saturated carbocycles. The second-order valence-corrected chi connectivity index (χ2v) is 6.47. The number of hydrogen-bond donors (Lipinski definition) is 0. The Labute approximate surface area is 153 Å². The number of carbonyl (C=O) groups excluding carboxylic acids is 3. The van der Waals surface area contributed by atoms with Gasteiger partial charge in [-0.1, -0.05) is 0 Å². The predicted octanol–water partition coefficient (Wildman–Crippen LogP) is 2.00. The molecule has 0 aliphatic rings. The summed E-state index contributed by atoms with van der Waals surface area (Å²) in [5.74, 6) is -2.44. The maximum absolute atomic E-state index is 12.9. The molecule has 0 rings (SSSR count). The van der Waals surface area contributed by atoms with Gasteiger partial charge in [0, 0.05) is 0 Å². The Bertz CT molecular complexity index is 449. The Balaban J connectivity index is 5.29. The zero-order valence-electron chi connectivity index (χ0n) is 15.9. The number of phosphoric acid groups is 1. The normalized spacial score (nSPS) is 16.7. The van der Waals surface area contributed by atoms with Crippen molar-refractivity contribution in [1.29, 1.82) is 0 Å². The molecule has 152 valence electrons. The molecule has 0 fully saturated rings. The van der Waals surface area contributed by atoms with Crippen LogP contribution in [0, 0.1) is 0 Å². The van der Waals surface area contributed by atoms with Crippen molar-refractivity contribution in [3.63, 3.8) is 0 Å². The smallest absolute Gasteiger partial charge is 0.464 e. The first-order valence-electron chi connectivity index (χ1n) is 8.25. The molecular weight excluding hydrogens is 371 g/mol. The maximum atomic E-state index is 12.9. The number of ether oxygens (including phenoxy) is 3.